The Morgan fingerprint density at radius 3 is 2.42 bits per heavy atom. The summed E-state index contributed by atoms with van der Waals surface area (Å²) in [6.07, 6.45) is 5.10. The Hall–Kier alpha value is -3.89. The minimum absolute atomic E-state index is 0.0280. The highest BCUT2D eigenvalue weighted by Crippen LogP contribution is 2.38. The summed E-state index contributed by atoms with van der Waals surface area (Å²) in [6, 6.07) is 10.5. The number of carbonyl (C=O) groups is 2. The van der Waals surface area contributed by atoms with Gasteiger partial charge in [-0.25, -0.2) is 0 Å². The lowest BCUT2D eigenvalue weighted by atomic mass is 10.1. The predicted molar refractivity (Wildman–Crippen MR) is 153 cm³/mol. The average molecular weight is 549 g/mol. The molecule has 5 rings (SSSR count). The molecule has 10 heteroatoms. The molecule has 0 saturated carbocycles. The van der Waals surface area contributed by atoms with E-state index in [0.717, 1.165) is 45.4 Å². The zero-order valence-electron chi connectivity index (χ0n) is 23.1. The molecule has 2 saturated heterocycles. The molecule has 40 heavy (non-hydrogen) atoms. The van der Waals surface area contributed by atoms with Crippen LogP contribution in [-0.4, -0.2) is 86.3 Å². The number of fused-ring (bicyclic) bond motifs is 1. The maximum Gasteiger partial charge on any atom is 0.266 e. The summed E-state index contributed by atoms with van der Waals surface area (Å²) in [5.41, 5.74) is 1.21. The van der Waals surface area contributed by atoms with E-state index in [0.29, 0.717) is 65.4 Å². The maximum atomic E-state index is 13.9. The van der Waals surface area contributed by atoms with Crippen molar-refractivity contribution in [1.29, 1.82) is 0 Å². The fourth-order valence-electron chi connectivity index (χ4n) is 5.39. The van der Waals surface area contributed by atoms with E-state index in [1.807, 2.05) is 4.90 Å². The van der Waals surface area contributed by atoms with E-state index in [2.05, 4.69) is 10.2 Å². The topological polar surface area (TPSA) is 102 Å². The van der Waals surface area contributed by atoms with Crippen molar-refractivity contribution < 1.29 is 23.8 Å². The maximum absolute atomic E-state index is 13.9. The first kappa shape index (κ1) is 27.7. The van der Waals surface area contributed by atoms with Crippen LogP contribution in [0.2, 0.25) is 0 Å². The molecule has 3 aromatic rings. The monoisotopic (exact) mass is 548 g/mol. The van der Waals surface area contributed by atoms with Crippen LogP contribution in [0.1, 0.15) is 36.0 Å². The van der Waals surface area contributed by atoms with Gasteiger partial charge in [-0.1, -0.05) is 6.07 Å². The number of likely N-dealkylation sites (tertiary alicyclic amines) is 1. The largest absolute Gasteiger partial charge is 0.496 e. The molecule has 0 bridgehead atoms. The van der Waals surface area contributed by atoms with Gasteiger partial charge in [0.1, 0.15) is 11.5 Å². The van der Waals surface area contributed by atoms with Crippen molar-refractivity contribution in [3.05, 3.63) is 58.5 Å². The van der Waals surface area contributed by atoms with Gasteiger partial charge in [0.15, 0.2) is 0 Å². The summed E-state index contributed by atoms with van der Waals surface area (Å²) in [7, 11) is 3.00. The van der Waals surface area contributed by atoms with E-state index in [1.165, 1.54) is 18.8 Å². The van der Waals surface area contributed by atoms with Crippen LogP contribution in [0, 0.1) is 0 Å². The second kappa shape index (κ2) is 12.5. The van der Waals surface area contributed by atoms with Crippen LogP contribution in [0.15, 0.2) is 47.4 Å². The van der Waals surface area contributed by atoms with Crippen LogP contribution in [0.25, 0.3) is 16.5 Å². The number of ether oxygens (including phenoxy) is 3. The molecule has 2 amide bonds. The molecule has 0 aliphatic carbocycles. The lowest BCUT2D eigenvalue weighted by Gasteiger charge is -2.27. The number of hydrogen-bond donors (Lipinski definition) is 1. The summed E-state index contributed by atoms with van der Waals surface area (Å²) >= 11 is 0. The quantitative estimate of drug-likeness (QED) is 0.461. The van der Waals surface area contributed by atoms with Gasteiger partial charge in [-0.15, -0.1) is 0 Å². The molecular weight excluding hydrogens is 512 g/mol. The first-order chi connectivity index (χ1) is 19.5. The molecule has 10 nitrogen and oxygen atoms in total. The van der Waals surface area contributed by atoms with Crippen molar-refractivity contribution in [2.75, 3.05) is 65.5 Å². The summed E-state index contributed by atoms with van der Waals surface area (Å²) in [6.45, 7) is 5.04. The van der Waals surface area contributed by atoms with Crippen molar-refractivity contribution in [1.82, 2.24) is 14.4 Å². The number of anilines is 1. The van der Waals surface area contributed by atoms with E-state index < -0.39 is 0 Å². The molecule has 0 atom stereocenters. The standard InChI is InChI=1S/C30H36N4O6/c1-38-24-20-25(39-2)28(31-26(35)10-13-32-15-17-40-18-16-32)23-9-14-34(30(37)27(23)24)22-8-6-7-21(19-22)29(36)33-11-4-3-5-12-33/h6-9,14,19-20H,3-5,10-13,15-18H2,1-2H3,(H,31,35). The van der Waals surface area contributed by atoms with Gasteiger partial charge in [-0.05, 0) is 43.5 Å². The molecule has 1 N–H and O–H groups in total. The number of nitrogens with one attached hydrogen (secondary N) is 1. The van der Waals surface area contributed by atoms with Crippen LogP contribution in [0.3, 0.4) is 0 Å². The van der Waals surface area contributed by atoms with E-state index in [4.69, 9.17) is 14.2 Å². The molecule has 1 aromatic heterocycles. The summed E-state index contributed by atoms with van der Waals surface area (Å²) < 4.78 is 18.0. The van der Waals surface area contributed by atoms with Gasteiger partial charge in [-0.2, -0.15) is 0 Å². The van der Waals surface area contributed by atoms with Crippen molar-refractivity contribution in [3.8, 4) is 17.2 Å². The number of aromatic nitrogens is 1. The Balaban J connectivity index is 1.47. The highest BCUT2D eigenvalue weighted by atomic mass is 16.5. The molecule has 0 spiro atoms. The molecule has 0 radical (unpaired) electrons. The number of pyridine rings is 1. The smallest absolute Gasteiger partial charge is 0.266 e. The Morgan fingerprint density at radius 2 is 1.70 bits per heavy atom. The first-order valence-corrected chi connectivity index (χ1v) is 13.8. The Morgan fingerprint density at radius 1 is 0.950 bits per heavy atom. The van der Waals surface area contributed by atoms with Gasteiger partial charge < -0.3 is 24.4 Å². The molecule has 0 unspecified atom stereocenters. The van der Waals surface area contributed by atoms with Crippen molar-refractivity contribution in [3.63, 3.8) is 0 Å². The highest BCUT2D eigenvalue weighted by molar-refractivity contribution is 6.06. The number of morpholine rings is 1. The SMILES string of the molecule is COc1cc(OC)c2c(=O)n(-c3cccc(C(=O)N4CCCCC4)c3)ccc2c1NC(=O)CCN1CCOCC1. The number of carbonyl (C=O) groups excluding carboxylic acids is 2. The summed E-state index contributed by atoms with van der Waals surface area (Å²) in [5, 5.41) is 3.79. The van der Waals surface area contributed by atoms with Gasteiger partial charge in [0.2, 0.25) is 5.91 Å². The molecule has 3 heterocycles. The predicted octanol–water partition coefficient (Wildman–Crippen LogP) is 3.29. The third-order valence-corrected chi connectivity index (χ3v) is 7.59. The van der Waals surface area contributed by atoms with Crippen LogP contribution in [0.4, 0.5) is 5.69 Å². The lowest BCUT2D eigenvalue weighted by molar-refractivity contribution is -0.116. The molecular formula is C30H36N4O6. The van der Waals surface area contributed by atoms with Crippen LogP contribution in [0.5, 0.6) is 11.5 Å². The Bertz CT molecular complexity index is 1440. The Kier molecular flexibility index (Phi) is 8.66. The average Bonchev–Trinajstić information content (AvgIpc) is 3.01. The third kappa shape index (κ3) is 5.83. The van der Waals surface area contributed by atoms with Crippen molar-refractivity contribution in [2.45, 2.75) is 25.7 Å². The molecule has 2 fully saturated rings. The fourth-order valence-corrected chi connectivity index (χ4v) is 5.39. The minimum Gasteiger partial charge on any atom is -0.496 e. The number of piperidine rings is 1. The summed E-state index contributed by atoms with van der Waals surface area (Å²) in [4.78, 5) is 44.0. The van der Waals surface area contributed by atoms with E-state index >= 15 is 0 Å². The Labute approximate surface area is 233 Å². The summed E-state index contributed by atoms with van der Waals surface area (Å²) in [5.74, 6) is 0.526. The number of nitrogens with zero attached hydrogens (tertiary/aromatic N) is 3. The van der Waals surface area contributed by atoms with Gasteiger partial charge in [-0.3, -0.25) is 23.9 Å². The molecule has 212 valence electrons. The van der Waals surface area contributed by atoms with Crippen LogP contribution >= 0.6 is 0 Å². The minimum atomic E-state index is -0.330. The van der Waals surface area contributed by atoms with Gasteiger partial charge in [0.05, 0.1) is 38.5 Å². The normalized spacial score (nSPS) is 16.1. The van der Waals surface area contributed by atoms with E-state index in [-0.39, 0.29) is 17.4 Å². The van der Waals surface area contributed by atoms with E-state index in [1.54, 1.807) is 42.6 Å². The van der Waals surface area contributed by atoms with E-state index in [9.17, 15) is 14.4 Å². The highest BCUT2D eigenvalue weighted by Gasteiger charge is 2.22. The number of amides is 2. The number of hydrogen-bond acceptors (Lipinski definition) is 7. The fraction of sp³-hybridized carbons (Fsp3) is 0.433. The molecule has 2 aliphatic rings. The van der Waals surface area contributed by atoms with Gasteiger partial charge in [0.25, 0.3) is 11.5 Å². The number of benzene rings is 2. The van der Waals surface area contributed by atoms with Crippen molar-refractivity contribution in [2.24, 2.45) is 0 Å². The number of methoxy groups -OCH3 is 2. The lowest BCUT2D eigenvalue weighted by Crippen LogP contribution is -2.38. The number of rotatable bonds is 8. The van der Waals surface area contributed by atoms with Gasteiger partial charge >= 0.3 is 0 Å². The molecule has 2 aromatic carbocycles. The third-order valence-electron chi connectivity index (χ3n) is 7.59. The zero-order valence-corrected chi connectivity index (χ0v) is 23.1. The van der Waals surface area contributed by atoms with Crippen molar-refractivity contribution >= 4 is 28.3 Å². The molecule has 2 aliphatic heterocycles. The second-order valence-corrected chi connectivity index (χ2v) is 10.1. The second-order valence-electron chi connectivity index (χ2n) is 10.1. The first-order valence-electron chi connectivity index (χ1n) is 13.8. The van der Waals surface area contributed by atoms with Crippen LogP contribution < -0.4 is 20.3 Å². The van der Waals surface area contributed by atoms with Crippen LogP contribution in [-0.2, 0) is 9.53 Å². The zero-order chi connectivity index (χ0) is 28.1. The van der Waals surface area contributed by atoms with Gasteiger partial charge in [0, 0.05) is 68.0 Å².